The van der Waals surface area contributed by atoms with E-state index in [1.165, 1.54) is 0 Å². The van der Waals surface area contributed by atoms with Gasteiger partial charge >= 0.3 is 0 Å². The average molecular weight is 263 g/mol. The molecule has 0 unspecified atom stereocenters. The summed E-state index contributed by atoms with van der Waals surface area (Å²) in [4.78, 5) is 14.5. The smallest absolute Gasteiger partial charge is 0.258 e. The highest BCUT2D eigenvalue weighted by Crippen LogP contribution is 2.26. The van der Waals surface area contributed by atoms with Crippen molar-refractivity contribution < 1.29 is 4.79 Å². The number of benzene rings is 2. The van der Waals surface area contributed by atoms with E-state index in [1.54, 1.807) is 0 Å². The maximum atomic E-state index is 12.7. The first-order valence-electron chi connectivity index (χ1n) is 6.89. The van der Waals surface area contributed by atoms with Gasteiger partial charge in [-0.15, -0.1) is 0 Å². The SMILES string of the molecule is C[C@H](c1ccccc1)N1C=CCc2ccccc2C1=O. The number of hydrogen-bond donors (Lipinski definition) is 0. The van der Waals surface area contributed by atoms with Crippen molar-refractivity contribution in [1.82, 2.24) is 4.90 Å². The van der Waals surface area contributed by atoms with Crippen molar-refractivity contribution in [3.05, 3.63) is 83.6 Å². The van der Waals surface area contributed by atoms with E-state index in [2.05, 4.69) is 25.1 Å². The van der Waals surface area contributed by atoms with Crippen LogP contribution in [0.25, 0.3) is 0 Å². The predicted molar refractivity (Wildman–Crippen MR) is 80.3 cm³/mol. The van der Waals surface area contributed by atoms with Gasteiger partial charge in [-0.2, -0.15) is 0 Å². The number of carbonyl (C=O) groups is 1. The van der Waals surface area contributed by atoms with Crippen LogP contribution < -0.4 is 0 Å². The van der Waals surface area contributed by atoms with E-state index in [4.69, 9.17) is 0 Å². The van der Waals surface area contributed by atoms with E-state index in [9.17, 15) is 4.79 Å². The molecule has 0 saturated carbocycles. The summed E-state index contributed by atoms with van der Waals surface area (Å²) in [5.41, 5.74) is 3.04. The molecule has 0 radical (unpaired) electrons. The molecule has 1 amide bonds. The molecule has 1 heterocycles. The van der Waals surface area contributed by atoms with Crippen molar-refractivity contribution in [1.29, 1.82) is 0 Å². The van der Waals surface area contributed by atoms with Crippen LogP contribution in [0, 0.1) is 0 Å². The third kappa shape index (κ3) is 2.25. The Morgan fingerprint density at radius 3 is 2.50 bits per heavy atom. The summed E-state index contributed by atoms with van der Waals surface area (Å²) < 4.78 is 0. The Morgan fingerprint density at radius 2 is 1.70 bits per heavy atom. The molecule has 1 aliphatic heterocycles. The monoisotopic (exact) mass is 263 g/mol. The third-order valence-corrected chi connectivity index (χ3v) is 3.79. The van der Waals surface area contributed by atoms with E-state index in [0.717, 1.165) is 23.1 Å². The van der Waals surface area contributed by atoms with Crippen LogP contribution in [0.1, 0.15) is 34.5 Å². The van der Waals surface area contributed by atoms with Gasteiger partial charge in [-0.25, -0.2) is 0 Å². The van der Waals surface area contributed by atoms with Crippen molar-refractivity contribution in [2.75, 3.05) is 0 Å². The van der Waals surface area contributed by atoms with Gasteiger partial charge in [0.2, 0.25) is 0 Å². The van der Waals surface area contributed by atoms with Gasteiger partial charge in [-0.05, 0) is 30.5 Å². The Balaban J connectivity index is 1.97. The van der Waals surface area contributed by atoms with Gasteiger partial charge in [-0.1, -0.05) is 54.6 Å². The number of hydrogen-bond acceptors (Lipinski definition) is 1. The molecule has 2 heteroatoms. The second-order valence-corrected chi connectivity index (χ2v) is 5.05. The summed E-state index contributed by atoms with van der Waals surface area (Å²) in [5.74, 6) is 0.0747. The third-order valence-electron chi connectivity index (χ3n) is 3.79. The summed E-state index contributed by atoms with van der Waals surface area (Å²) in [6, 6.07) is 18.0. The molecular weight excluding hydrogens is 246 g/mol. The van der Waals surface area contributed by atoms with Gasteiger partial charge in [0.15, 0.2) is 0 Å². The molecule has 1 atom stereocenters. The highest BCUT2D eigenvalue weighted by Gasteiger charge is 2.24. The van der Waals surface area contributed by atoms with Gasteiger partial charge in [0, 0.05) is 11.8 Å². The zero-order valence-electron chi connectivity index (χ0n) is 11.5. The molecule has 1 aliphatic rings. The van der Waals surface area contributed by atoms with Crippen LogP contribution >= 0.6 is 0 Å². The van der Waals surface area contributed by atoms with Crippen LogP contribution in [-0.2, 0) is 6.42 Å². The van der Waals surface area contributed by atoms with Crippen molar-refractivity contribution in [3.8, 4) is 0 Å². The standard InChI is InChI=1S/C18H17NO/c1-14(15-8-3-2-4-9-15)19-13-7-11-16-10-5-6-12-17(16)18(19)20/h2-10,12-14H,11H2,1H3/t14-/m1/s1. The number of fused-ring (bicyclic) bond motifs is 1. The number of rotatable bonds is 2. The fraction of sp³-hybridized carbons (Fsp3) is 0.167. The van der Waals surface area contributed by atoms with Gasteiger partial charge in [0.05, 0.1) is 6.04 Å². The molecule has 20 heavy (non-hydrogen) atoms. The number of carbonyl (C=O) groups excluding carboxylic acids is 1. The Kier molecular flexibility index (Phi) is 3.38. The Bertz CT molecular complexity index is 645. The molecule has 100 valence electrons. The molecular formula is C18H17NO. The highest BCUT2D eigenvalue weighted by molar-refractivity contribution is 5.97. The lowest BCUT2D eigenvalue weighted by molar-refractivity contribution is 0.0779. The molecule has 3 rings (SSSR count). The van der Waals surface area contributed by atoms with Crippen LogP contribution in [0.2, 0.25) is 0 Å². The quantitative estimate of drug-likeness (QED) is 0.803. The molecule has 0 spiro atoms. The lowest BCUT2D eigenvalue weighted by Gasteiger charge is -2.26. The average Bonchev–Trinajstić information content (AvgIpc) is 2.67. The first-order valence-corrected chi connectivity index (χ1v) is 6.89. The van der Waals surface area contributed by atoms with E-state index in [1.807, 2.05) is 53.6 Å². The molecule has 2 nitrogen and oxygen atoms in total. The molecule has 0 bridgehead atoms. The van der Waals surface area contributed by atoms with E-state index >= 15 is 0 Å². The minimum atomic E-state index is 0.0334. The first kappa shape index (κ1) is 12.7. The minimum Gasteiger partial charge on any atom is -0.308 e. The molecule has 0 aromatic heterocycles. The zero-order chi connectivity index (χ0) is 13.9. The topological polar surface area (TPSA) is 20.3 Å². The number of amides is 1. The minimum absolute atomic E-state index is 0.0334. The lowest BCUT2D eigenvalue weighted by atomic mass is 10.0. The summed E-state index contributed by atoms with van der Waals surface area (Å²) in [6.07, 6.45) is 4.78. The maximum absolute atomic E-state index is 12.7. The Morgan fingerprint density at radius 1 is 1.00 bits per heavy atom. The first-order chi connectivity index (χ1) is 9.77. The summed E-state index contributed by atoms with van der Waals surface area (Å²) in [7, 11) is 0. The van der Waals surface area contributed by atoms with Crippen LogP contribution in [-0.4, -0.2) is 10.8 Å². The fourth-order valence-corrected chi connectivity index (χ4v) is 2.60. The molecule has 2 aromatic rings. The van der Waals surface area contributed by atoms with Crippen LogP contribution in [0.15, 0.2) is 66.9 Å². The normalized spacial score (nSPS) is 15.7. The van der Waals surface area contributed by atoms with Gasteiger partial charge < -0.3 is 4.90 Å². The van der Waals surface area contributed by atoms with Gasteiger partial charge in [0.25, 0.3) is 5.91 Å². The Labute approximate surface area is 119 Å². The van der Waals surface area contributed by atoms with E-state index < -0.39 is 0 Å². The largest absolute Gasteiger partial charge is 0.308 e. The number of allylic oxidation sites excluding steroid dienone is 1. The maximum Gasteiger partial charge on any atom is 0.258 e. The summed E-state index contributed by atoms with van der Waals surface area (Å²) in [6.45, 7) is 2.06. The Hall–Kier alpha value is -2.35. The predicted octanol–water partition coefficient (Wildman–Crippen LogP) is 3.96. The van der Waals surface area contributed by atoms with Gasteiger partial charge in [0.1, 0.15) is 0 Å². The molecule has 0 aliphatic carbocycles. The fourth-order valence-electron chi connectivity index (χ4n) is 2.60. The number of nitrogens with zero attached hydrogens (tertiary/aromatic N) is 1. The van der Waals surface area contributed by atoms with E-state index in [0.29, 0.717) is 0 Å². The van der Waals surface area contributed by atoms with Crippen LogP contribution in [0.5, 0.6) is 0 Å². The van der Waals surface area contributed by atoms with Crippen molar-refractivity contribution >= 4 is 5.91 Å². The second-order valence-electron chi connectivity index (χ2n) is 5.05. The van der Waals surface area contributed by atoms with Crippen LogP contribution in [0.4, 0.5) is 0 Å². The molecule has 2 aromatic carbocycles. The van der Waals surface area contributed by atoms with Crippen LogP contribution in [0.3, 0.4) is 0 Å². The van der Waals surface area contributed by atoms with Gasteiger partial charge in [-0.3, -0.25) is 4.79 Å². The van der Waals surface area contributed by atoms with Crippen molar-refractivity contribution in [3.63, 3.8) is 0 Å². The summed E-state index contributed by atoms with van der Waals surface area (Å²) in [5, 5.41) is 0. The second kappa shape index (κ2) is 5.33. The van der Waals surface area contributed by atoms with Crippen molar-refractivity contribution in [2.24, 2.45) is 0 Å². The van der Waals surface area contributed by atoms with Crippen molar-refractivity contribution in [2.45, 2.75) is 19.4 Å². The van der Waals surface area contributed by atoms with E-state index in [-0.39, 0.29) is 11.9 Å². The molecule has 0 saturated heterocycles. The molecule has 0 fully saturated rings. The highest BCUT2D eigenvalue weighted by atomic mass is 16.2. The molecule has 0 N–H and O–H groups in total. The summed E-state index contributed by atoms with van der Waals surface area (Å²) >= 11 is 0. The zero-order valence-corrected chi connectivity index (χ0v) is 11.5. The lowest BCUT2D eigenvalue weighted by Crippen LogP contribution is -2.28.